The van der Waals surface area contributed by atoms with Gasteiger partial charge in [0.25, 0.3) is 0 Å². The lowest BCUT2D eigenvalue weighted by Gasteiger charge is -2.21. The van der Waals surface area contributed by atoms with E-state index < -0.39 is 11.9 Å². The summed E-state index contributed by atoms with van der Waals surface area (Å²) in [6.07, 6.45) is 0. The number of halogens is 1. The van der Waals surface area contributed by atoms with E-state index in [1.807, 2.05) is 30.3 Å². The van der Waals surface area contributed by atoms with Crippen molar-refractivity contribution in [2.45, 2.75) is 6.92 Å². The summed E-state index contributed by atoms with van der Waals surface area (Å²) < 4.78 is 17.2. The largest absolute Gasteiger partial charge is 0.733 e. The molecule has 1 aromatic heterocycles. The number of nitrogens with zero attached hydrogens (tertiary/aromatic N) is 1. The number of esters is 2. The summed E-state index contributed by atoms with van der Waals surface area (Å²) in [5.41, 5.74) is 1.47. The monoisotopic (exact) mass is 510 g/mol. The maximum absolute atomic E-state index is 12.8. The van der Waals surface area contributed by atoms with E-state index in [9.17, 15) is 14.8 Å². The van der Waals surface area contributed by atoms with Gasteiger partial charge >= 0.3 is 11.9 Å². The summed E-state index contributed by atoms with van der Waals surface area (Å²) in [7, 11) is 0. The van der Waals surface area contributed by atoms with Crippen LogP contribution in [0.1, 0.15) is 27.6 Å². The van der Waals surface area contributed by atoms with Crippen molar-refractivity contribution in [1.29, 1.82) is 0 Å². The number of anilines is 1. The van der Waals surface area contributed by atoms with Crippen LogP contribution in [0.15, 0.2) is 75.6 Å². The van der Waals surface area contributed by atoms with E-state index >= 15 is 0 Å². The summed E-state index contributed by atoms with van der Waals surface area (Å²) in [5.74, 6) is -0.741. The van der Waals surface area contributed by atoms with Crippen LogP contribution in [0.5, 0.6) is 5.75 Å². The van der Waals surface area contributed by atoms with Crippen molar-refractivity contribution in [2.24, 2.45) is 0 Å². The Balaban J connectivity index is 1.75. The number of hydrogen-bond donors (Lipinski definition) is 1. The molecule has 0 amide bonds. The van der Waals surface area contributed by atoms with Gasteiger partial charge in [0, 0.05) is 10.9 Å². The van der Waals surface area contributed by atoms with E-state index in [2.05, 4.69) is 15.9 Å². The molecule has 33 heavy (non-hydrogen) atoms. The minimum atomic E-state index is -0.693. The number of carbonyl (C=O) groups excluding carboxylic acids is 2. The third-order valence-corrected chi connectivity index (χ3v) is 5.40. The van der Waals surface area contributed by atoms with Gasteiger partial charge in [0.2, 0.25) is 0 Å². The van der Waals surface area contributed by atoms with Gasteiger partial charge in [0.1, 0.15) is 22.7 Å². The molecule has 1 N–H and O–H groups in total. The number of benzene rings is 3. The second kappa shape index (κ2) is 9.45. The van der Waals surface area contributed by atoms with Crippen molar-refractivity contribution in [3.05, 3.63) is 87.5 Å². The smallest absolute Gasteiger partial charge is 0.343 e. The molecule has 0 radical (unpaired) electrons. The van der Waals surface area contributed by atoms with Crippen molar-refractivity contribution in [3.63, 3.8) is 0 Å². The van der Waals surface area contributed by atoms with Crippen LogP contribution in [0, 0.1) is 5.21 Å². The average Bonchev–Trinajstić information content (AvgIpc) is 3.18. The topological polar surface area (TPSA) is 112 Å². The fraction of sp³-hybridized carbons (Fsp3) is 0.0833. The molecule has 1 heterocycles. The number of rotatable bonds is 6. The Labute approximate surface area is 196 Å². The van der Waals surface area contributed by atoms with Crippen molar-refractivity contribution >= 4 is 44.5 Å². The fourth-order valence-corrected chi connectivity index (χ4v) is 3.66. The van der Waals surface area contributed by atoms with Gasteiger partial charge in [-0.25, -0.2) is 9.59 Å². The summed E-state index contributed by atoms with van der Waals surface area (Å²) in [6, 6.07) is 17.5. The Kier molecular flexibility index (Phi) is 6.45. The van der Waals surface area contributed by atoms with Crippen LogP contribution >= 0.6 is 15.9 Å². The van der Waals surface area contributed by atoms with Crippen LogP contribution in [0.3, 0.4) is 0 Å². The third kappa shape index (κ3) is 4.61. The van der Waals surface area contributed by atoms with E-state index in [0.717, 1.165) is 0 Å². The number of fused-ring (bicyclic) bond motifs is 1. The summed E-state index contributed by atoms with van der Waals surface area (Å²) in [5, 5.41) is 20.0. The molecule has 0 spiro atoms. The van der Waals surface area contributed by atoms with Gasteiger partial charge in [-0.1, -0.05) is 30.3 Å². The molecule has 8 nitrogen and oxygen atoms in total. The molecular formula is C24H17BrNO7-. The predicted octanol–water partition coefficient (Wildman–Crippen LogP) is 5.95. The first-order valence-corrected chi connectivity index (χ1v) is 10.6. The zero-order valence-electron chi connectivity index (χ0n) is 17.3. The fourth-order valence-electron chi connectivity index (χ4n) is 3.26. The van der Waals surface area contributed by atoms with E-state index in [1.165, 1.54) is 30.3 Å². The molecule has 0 aliphatic heterocycles. The summed E-state index contributed by atoms with van der Waals surface area (Å²) >= 11 is 3.37. The minimum Gasteiger partial charge on any atom is -0.733 e. The van der Waals surface area contributed by atoms with Crippen LogP contribution in [0.2, 0.25) is 0 Å². The highest BCUT2D eigenvalue weighted by atomic mass is 79.9. The second-order valence-corrected chi connectivity index (χ2v) is 7.74. The van der Waals surface area contributed by atoms with Crippen molar-refractivity contribution in [2.75, 3.05) is 11.8 Å². The van der Waals surface area contributed by atoms with E-state index in [1.54, 1.807) is 13.0 Å². The van der Waals surface area contributed by atoms with Crippen LogP contribution in [0.4, 0.5) is 5.69 Å². The SMILES string of the molecule is CCOC(=O)c1c(-c2ccccc2)oc2cc(Br)c(OC(=O)c3ccc(N([O-])O)cc3)cc12. The molecular weight excluding hydrogens is 494 g/mol. The van der Waals surface area contributed by atoms with Crippen LogP contribution in [-0.4, -0.2) is 23.8 Å². The lowest BCUT2D eigenvalue weighted by molar-refractivity contribution is 0.0528. The quantitative estimate of drug-likeness (QED) is 0.192. The van der Waals surface area contributed by atoms with Gasteiger partial charge in [-0.05, 0) is 59.3 Å². The summed E-state index contributed by atoms with van der Waals surface area (Å²) in [6.45, 7) is 1.89. The van der Waals surface area contributed by atoms with Gasteiger partial charge in [-0.15, -0.1) is 0 Å². The number of furan rings is 1. The first kappa shape index (κ1) is 22.5. The maximum Gasteiger partial charge on any atom is 0.343 e. The zero-order valence-corrected chi connectivity index (χ0v) is 18.9. The van der Waals surface area contributed by atoms with Gasteiger partial charge < -0.3 is 24.3 Å². The predicted molar refractivity (Wildman–Crippen MR) is 124 cm³/mol. The lowest BCUT2D eigenvalue weighted by Crippen LogP contribution is -2.11. The molecule has 0 unspecified atom stereocenters. The Morgan fingerprint density at radius 2 is 1.76 bits per heavy atom. The highest BCUT2D eigenvalue weighted by Gasteiger charge is 2.25. The normalized spacial score (nSPS) is 10.8. The number of carbonyl (C=O) groups is 2. The van der Waals surface area contributed by atoms with Crippen LogP contribution in [-0.2, 0) is 4.74 Å². The first-order chi connectivity index (χ1) is 15.9. The molecule has 0 bridgehead atoms. The second-order valence-electron chi connectivity index (χ2n) is 6.88. The first-order valence-electron chi connectivity index (χ1n) is 9.86. The molecule has 9 heteroatoms. The zero-order chi connectivity index (χ0) is 23.5. The van der Waals surface area contributed by atoms with E-state index in [-0.39, 0.29) is 34.4 Å². The highest BCUT2D eigenvalue weighted by molar-refractivity contribution is 9.10. The van der Waals surface area contributed by atoms with Gasteiger partial charge in [0.15, 0.2) is 0 Å². The molecule has 0 atom stereocenters. The molecule has 4 rings (SSSR count). The van der Waals surface area contributed by atoms with Gasteiger partial charge in [-0.2, -0.15) is 0 Å². The summed E-state index contributed by atoms with van der Waals surface area (Å²) in [4.78, 5) is 25.4. The molecule has 0 saturated heterocycles. The van der Waals surface area contributed by atoms with Gasteiger partial charge in [-0.3, -0.25) is 5.21 Å². The van der Waals surface area contributed by atoms with Crippen molar-refractivity contribution in [3.8, 4) is 17.1 Å². The average molecular weight is 511 g/mol. The Hall–Kier alpha value is -3.66. The van der Waals surface area contributed by atoms with Crippen molar-refractivity contribution < 1.29 is 28.7 Å². The van der Waals surface area contributed by atoms with Gasteiger partial charge in [0.05, 0.1) is 22.3 Å². The van der Waals surface area contributed by atoms with Crippen LogP contribution < -0.4 is 9.96 Å². The van der Waals surface area contributed by atoms with E-state index in [4.69, 9.17) is 19.1 Å². The Bertz CT molecular complexity index is 1310. The molecule has 0 aliphatic carbocycles. The molecule has 0 fully saturated rings. The number of ether oxygens (including phenoxy) is 2. The van der Waals surface area contributed by atoms with Crippen LogP contribution in [0.25, 0.3) is 22.3 Å². The number of hydrogen-bond acceptors (Lipinski definition) is 8. The Morgan fingerprint density at radius 1 is 1.06 bits per heavy atom. The molecule has 3 aromatic carbocycles. The Morgan fingerprint density at radius 3 is 2.39 bits per heavy atom. The molecule has 168 valence electrons. The third-order valence-electron chi connectivity index (χ3n) is 4.78. The highest BCUT2D eigenvalue weighted by Crippen LogP contribution is 2.39. The van der Waals surface area contributed by atoms with Crippen molar-refractivity contribution in [1.82, 2.24) is 0 Å². The maximum atomic E-state index is 12.8. The molecule has 4 aromatic rings. The molecule has 0 saturated carbocycles. The standard InChI is InChI=1S/C24H17BrNO7/c1-2-31-24(28)21-17-12-20(33-23(27)15-8-10-16(11-9-15)26(29)30)18(25)13-19(17)32-22(21)14-6-4-3-5-7-14/h3-13,29H,2H2,1H3/q-1. The minimum absolute atomic E-state index is 0.0277. The molecule has 0 aliphatic rings. The van der Waals surface area contributed by atoms with E-state index in [0.29, 0.717) is 26.8 Å². The lowest BCUT2D eigenvalue weighted by atomic mass is 10.1.